The van der Waals surface area contributed by atoms with Crippen LogP contribution in [-0.2, 0) is 36.9 Å². The number of alkyl carbamates (subject to hydrolysis) is 1. The Kier molecular flexibility index (Phi) is 10.4. The van der Waals surface area contributed by atoms with Crippen molar-refractivity contribution in [2.75, 3.05) is 26.7 Å². The zero-order chi connectivity index (χ0) is 31.9. The molecule has 1 fully saturated rings. The van der Waals surface area contributed by atoms with Gasteiger partial charge in [0.05, 0.1) is 18.9 Å². The minimum Gasteiger partial charge on any atom is -0.444 e. The van der Waals surface area contributed by atoms with Gasteiger partial charge in [0.25, 0.3) is 5.91 Å². The second-order valence-corrected chi connectivity index (χ2v) is 12.5. The topological polar surface area (TPSA) is 130 Å². The van der Waals surface area contributed by atoms with Crippen LogP contribution < -0.4 is 10.6 Å². The summed E-state index contributed by atoms with van der Waals surface area (Å²) in [6.07, 6.45) is 0.156. The van der Waals surface area contributed by atoms with Crippen molar-refractivity contribution in [2.45, 2.75) is 71.2 Å². The Labute approximate surface area is 258 Å². The molecule has 0 aliphatic carbocycles. The molecule has 2 aromatic carbocycles. The summed E-state index contributed by atoms with van der Waals surface area (Å²) >= 11 is 0. The fourth-order valence-corrected chi connectivity index (χ4v) is 5.57. The number of fused-ring (bicyclic) bond motifs is 1. The van der Waals surface area contributed by atoms with Crippen LogP contribution in [0.25, 0.3) is 0 Å². The van der Waals surface area contributed by atoms with E-state index in [0.717, 1.165) is 16.8 Å². The Morgan fingerprint density at radius 2 is 1.64 bits per heavy atom. The van der Waals surface area contributed by atoms with E-state index >= 15 is 0 Å². The first-order chi connectivity index (χ1) is 20.9. The van der Waals surface area contributed by atoms with Gasteiger partial charge in [0, 0.05) is 39.0 Å². The molecule has 1 saturated heterocycles. The lowest BCUT2D eigenvalue weighted by atomic mass is 9.73. The molecule has 2 N–H and O–H groups in total. The van der Waals surface area contributed by atoms with Crippen LogP contribution in [-0.4, -0.2) is 83.9 Å². The summed E-state index contributed by atoms with van der Waals surface area (Å²) in [5.74, 6) is -0.921. The van der Waals surface area contributed by atoms with Gasteiger partial charge in [0.15, 0.2) is 0 Å². The van der Waals surface area contributed by atoms with Gasteiger partial charge in [0.2, 0.25) is 11.8 Å². The number of carbonyl (C=O) groups is 4. The number of likely N-dealkylation sites (tertiary alicyclic amines) is 1. The highest BCUT2D eigenvalue weighted by Crippen LogP contribution is 2.38. The first-order valence-corrected chi connectivity index (χ1v) is 15.0. The molecule has 3 atom stereocenters. The van der Waals surface area contributed by atoms with Crippen LogP contribution in [0.3, 0.4) is 0 Å². The molecule has 4 amide bonds. The predicted octanol–water partition coefficient (Wildman–Crippen LogP) is 3.28. The second kappa shape index (κ2) is 14.0. The van der Waals surface area contributed by atoms with Gasteiger partial charge in [-0.2, -0.15) is 5.10 Å². The number of carbonyl (C=O) groups excluding carboxylic acids is 4. The number of hydrazone groups is 1. The predicted molar refractivity (Wildman–Crippen MR) is 165 cm³/mol. The molecule has 0 aromatic heterocycles. The lowest BCUT2D eigenvalue weighted by Crippen LogP contribution is -2.59. The third kappa shape index (κ3) is 8.43. The molecule has 4 rings (SSSR count). The van der Waals surface area contributed by atoms with Crippen LogP contribution in [0.4, 0.5) is 4.79 Å². The van der Waals surface area contributed by atoms with Gasteiger partial charge in [-0.15, -0.1) is 0 Å². The Bertz CT molecular complexity index is 1360. The lowest BCUT2D eigenvalue weighted by molar-refractivity contribution is -0.143. The summed E-state index contributed by atoms with van der Waals surface area (Å²) in [6, 6.07) is 17.7. The number of hydrogen-bond donors (Lipinski definition) is 2. The van der Waals surface area contributed by atoms with Gasteiger partial charge in [-0.05, 0) is 45.2 Å². The maximum absolute atomic E-state index is 14.0. The fraction of sp³-hybridized carbons (Fsp3) is 0.485. The van der Waals surface area contributed by atoms with Crippen molar-refractivity contribution < 1.29 is 28.7 Å². The molecule has 0 saturated carbocycles. The van der Waals surface area contributed by atoms with Gasteiger partial charge in [-0.3, -0.25) is 14.4 Å². The highest BCUT2D eigenvalue weighted by Gasteiger charge is 2.53. The van der Waals surface area contributed by atoms with Gasteiger partial charge in [-0.1, -0.05) is 60.7 Å². The Morgan fingerprint density at radius 3 is 2.27 bits per heavy atom. The molecule has 0 bridgehead atoms. The number of nitrogens with one attached hydrogen (secondary N) is 2. The highest BCUT2D eigenvalue weighted by molar-refractivity contribution is 6.13. The SMILES string of the molecule is CC(CC(=O)NC(COCc1ccccc1)C(=O)N1CCC2=NN(C)C(=O)C2(Cc2ccccc2)C1)NC(=O)OC(C)(C)C. The zero-order valence-electron chi connectivity index (χ0n) is 26.2. The van der Waals surface area contributed by atoms with Crippen LogP contribution in [0.5, 0.6) is 0 Å². The summed E-state index contributed by atoms with van der Waals surface area (Å²) < 4.78 is 11.2. The van der Waals surface area contributed by atoms with Gasteiger partial charge >= 0.3 is 6.09 Å². The summed E-state index contributed by atoms with van der Waals surface area (Å²) in [7, 11) is 1.64. The molecule has 11 heteroatoms. The first-order valence-electron chi connectivity index (χ1n) is 15.0. The highest BCUT2D eigenvalue weighted by atomic mass is 16.6. The van der Waals surface area contributed by atoms with Gasteiger partial charge < -0.3 is 25.0 Å². The number of ether oxygens (including phenoxy) is 2. The Hall–Kier alpha value is -4.25. The van der Waals surface area contributed by atoms with Crippen LogP contribution in [0, 0.1) is 5.41 Å². The van der Waals surface area contributed by atoms with Crippen molar-refractivity contribution in [3.63, 3.8) is 0 Å². The van der Waals surface area contributed by atoms with Crippen molar-refractivity contribution in [3.8, 4) is 0 Å². The summed E-state index contributed by atoms with van der Waals surface area (Å²) in [5.41, 5.74) is 1.02. The molecule has 2 heterocycles. The molecule has 44 heavy (non-hydrogen) atoms. The van der Waals surface area contributed by atoms with Crippen molar-refractivity contribution >= 4 is 29.5 Å². The van der Waals surface area contributed by atoms with Crippen molar-refractivity contribution in [2.24, 2.45) is 10.5 Å². The van der Waals surface area contributed by atoms with Gasteiger partial charge in [0.1, 0.15) is 17.1 Å². The molecule has 2 aromatic rings. The van der Waals surface area contributed by atoms with E-state index in [4.69, 9.17) is 9.47 Å². The van der Waals surface area contributed by atoms with Crippen LogP contribution in [0.1, 0.15) is 51.7 Å². The van der Waals surface area contributed by atoms with E-state index in [1.54, 1.807) is 39.6 Å². The summed E-state index contributed by atoms with van der Waals surface area (Å²) in [6.45, 7) is 7.65. The van der Waals surface area contributed by atoms with E-state index in [2.05, 4.69) is 15.7 Å². The van der Waals surface area contributed by atoms with Crippen molar-refractivity contribution in [3.05, 3.63) is 71.8 Å². The minimum absolute atomic E-state index is 0.0652. The third-order valence-corrected chi connectivity index (χ3v) is 7.55. The monoisotopic (exact) mass is 605 g/mol. The van der Waals surface area contributed by atoms with Crippen LogP contribution in [0.15, 0.2) is 65.8 Å². The standard InChI is InChI=1S/C33H43N5O6/c1-23(34-31(42)44-32(2,3)4)18-28(39)35-26(21-43-20-25-14-10-7-11-15-25)29(40)38-17-16-27-33(22-38,30(41)37(5)36-27)19-24-12-8-6-9-13-24/h6-15,23,26H,16-22H2,1-5H3,(H,34,42)(H,35,39). The fourth-order valence-electron chi connectivity index (χ4n) is 5.57. The lowest BCUT2D eigenvalue weighted by Gasteiger charge is -2.40. The molecule has 0 spiro atoms. The average Bonchev–Trinajstić information content (AvgIpc) is 3.20. The minimum atomic E-state index is -0.999. The van der Waals surface area contributed by atoms with E-state index < -0.39 is 35.1 Å². The summed E-state index contributed by atoms with van der Waals surface area (Å²) in [4.78, 5) is 54.5. The molecule has 11 nitrogen and oxygen atoms in total. The number of piperidine rings is 1. The maximum Gasteiger partial charge on any atom is 0.407 e. The zero-order valence-corrected chi connectivity index (χ0v) is 26.2. The molecular weight excluding hydrogens is 562 g/mol. The molecule has 3 unspecified atom stereocenters. The van der Waals surface area contributed by atoms with Crippen molar-refractivity contribution in [1.82, 2.24) is 20.5 Å². The molecular formula is C33H43N5O6. The second-order valence-electron chi connectivity index (χ2n) is 12.5. The summed E-state index contributed by atoms with van der Waals surface area (Å²) in [5, 5.41) is 11.4. The van der Waals surface area contributed by atoms with Crippen molar-refractivity contribution in [1.29, 1.82) is 0 Å². The number of amides is 4. The third-order valence-electron chi connectivity index (χ3n) is 7.55. The normalized spacial score (nSPS) is 19.5. The van der Waals surface area contributed by atoms with E-state index in [9.17, 15) is 19.2 Å². The van der Waals surface area contributed by atoms with E-state index in [0.29, 0.717) is 19.4 Å². The van der Waals surface area contributed by atoms with Crippen LogP contribution in [0.2, 0.25) is 0 Å². The Balaban J connectivity index is 1.48. The van der Waals surface area contributed by atoms with Crippen LogP contribution >= 0.6 is 0 Å². The number of benzene rings is 2. The van der Waals surface area contributed by atoms with E-state index in [1.165, 1.54) is 5.01 Å². The maximum atomic E-state index is 14.0. The number of nitrogens with zero attached hydrogens (tertiary/aromatic N) is 3. The van der Waals surface area contributed by atoms with E-state index in [1.807, 2.05) is 60.7 Å². The molecule has 2 aliphatic rings. The number of hydrogen-bond acceptors (Lipinski definition) is 7. The number of rotatable bonds is 11. The van der Waals surface area contributed by atoms with Gasteiger partial charge in [-0.25, -0.2) is 9.80 Å². The smallest absolute Gasteiger partial charge is 0.407 e. The average molecular weight is 606 g/mol. The first kappa shape index (κ1) is 32.7. The molecule has 2 aliphatic heterocycles. The quantitative estimate of drug-likeness (QED) is 0.405. The van der Waals surface area contributed by atoms with E-state index in [-0.39, 0.29) is 38.0 Å². The molecule has 0 radical (unpaired) electrons. The molecule has 236 valence electrons. The Morgan fingerprint density at radius 1 is 1.00 bits per heavy atom. The largest absolute Gasteiger partial charge is 0.444 e.